The van der Waals surface area contributed by atoms with Crippen LogP contribution in [0.5, 0.6) is 0 Å². The van der Waals surface area contributed by atoms with Gasteiger partial charge in [0.2, 0.25) is 0 Å². The van der Waals surface area contributed by atoms with Crippen LogP contribution in [-0.4, -0.2) is 4.98 Å². The lowest BCUT2D eigenvalue weighted by atomic mass is 9.49. The van der Waals surface area contributed by atoms with Gasteiger partial charge in [-0.3, -0.25) is 0 Å². The summed E-state index contributed by atoms with van der Waals surface area (Å²) >= 11 is 0. The van der Waals surface area contributed by atoms with E-state index in [9.17, 15) is 0 Å². The van der Waals surface area contributed by atoms with Crippen LogP contribution in [0.2, 0.25) is 0 Å². The van der Waals surface area contributed by atoms with Gasteiger partial charge in [0.15, 0.2) is 5.69 Å². The SMILES string of the molecule is CCC[C@]12CCC1(C)c1ccccc1-c1cc(C)nc[n+]12. The Morgan fingerprint density at radius 1 is 1.24 bits per heavy atom. The van der Waals surface area contributed by atoms with Gasteiger partial charge in [0.1, 0.15) is 11.2 Å². The Labute approximate surface area is 126 Å². The van der Waals surface area contributed by atoms with Crippen molar-refractivity contribution >= 4 is 0 Å². The fourth-order valence-electron chi connectivity index (χ4n) is 4.75. The van der Waals surface area contributed by atoms with Crippen LogP contribution in [0.15, 0.2) is 36.7 Å². The van der Waals surface area contributed by atoms with Gasteiger partial charge < -0.3 is 0 Å². The highest BCUT2D eigenvalue weighted by molar-refractivity contribution is 5.66. The molecule has 0 radical (unpaired) electrons. The fraction of sp³-hybridized carbons (Fsp3) is 0.474. The lowest BCUT2D eigenvalue weighted by molar-refractivity contribution is -0.785. The molecule has 2 nitrogen and oxygen atoms in total. The van der Waals surface area contributed by atoms with Crippen molar-refractivity contribution in [3.05, 3.63) is 47.9 Å². The van der Waals surface area contributed by atoms with E-state index in [0.29, 0.717) is 0 Å². The van der Waals surface area contributed by atoms with E-state index in [1.807, 2.05) is 0 Å². The Morgan fingerprint density at radius 2 is 2.05 bits per heavy atom. The number of aromatic nitrogens is 2. The summed E-state index contributed by atoms with van der Waals surface area (Å²) < 4.78 is 2.50. The molecule has 108 valence electrons. The second-order valence-electron chi connectivity index (χ2n) is 6.94. The Morgan fingerprint density at radius 3 is 2.76 bits per heavy atom. The normalized spacial score (nSPS) is 29.1. The van der Waals surface area contributed by atoms with E-state index in [1.54, 1.807) is 0 Å². The van der Waals surface area contributed by atoms with E-state index in [2.05, 4.69) is 67.0 Å². The molecule has 0 saturated heterocycles. The molecular weight excluding hydrogens is 256 g/mol. The number of benzene rings is 1. The van der Waals surface area contributed by atoms with Gasteiger partial charge in [-0.05, 0) is 24.8 Å². The van der Waals surface area contributed by atoms with Crippen LogP contribution in [0.3, 0.4) is 0 Å². The highest BCUT2D eigenvalue weighted by Gasteiger charge is 2.64. The molecule has 2 aliphatic rings. The van der Waals surface area contributed by atoms with E-state index in [1.165, 1.54) is 42.5 Å². The van der Waals surface area contributed by atoms with Gasteiger partial charge >= 0.3 is 0 Å². The zero-order valence-electron chi connectivity index (χ0n) is 13.2. The molecule has 1 saturated carbocycles. The highest BCUT2D eigenvalue weighted by atomic mass is 15.1. The predicted octanol–water partition coefficient (Wildman–Crippen LogP) is 3.91. The lowest BCUT2D eigenvalue weighted by Gasteiger charge is -2.59. The second kappa shape index (κ2) is 4.16. The van der Waals surface area contributed by atoms with Crippen LogP contribution in [-0.2, 0) is 11.0 Å². The van der Waals surface area contributed by atoms with Gasteiger partial charge in [-0.15, -0.1) is 0 Å². The maximum Gasteiger partial charge on any atom is 0.287 e. The molecular formula is C19H23N2+. The molecule has 2 heteroatoms. The Bertz CT molecular complexity index is 721. The number of hydrogen-bond acceptors (Lipinski definition) is 1. The number of nitrogens with zero attached hydrogens (tertiary/aromatic N) is 2. The molecule has 0 bridgehead atoms. The molecule has 1 unspecified atom stereocenters. The van der Waals surface area contributed by atoms with Gasteiger partial charge in [-0.2, -0.15) is 0 Å². The van der Waals surface area contributed by atoms with Crippen LogP contribution in [0.25, 0.3) is 11.3 Å². The third-order valence-electron chi connectivity index (χ3n) is 5.97. The zero-order chi connectivity index (χ0) is 14.7. The number of aryl methyl sites for hydroxylation is 1. The van der Waals surface area contributed by atoms with E-state index in [0.717, 1.165) is 5.69 Å². The van der Waals surface area contributed by atoms with Crippen LogP contribution in [0.4, 0.5) is 0 Å². The molecule has 0 spiro atoms. The summed E-state index contributed by atoms with van der Waals surface area (Å²) in [6.07, 6.45) is 7.10. The summed E-state index contributed by atoms with van der Waals surface area (Å²) in [5, 5.41) is 0. The van der Waals surface area contributed by atoms with Crippen molar-refractivity contribution in [2.24, 2.45) is 0 Å². The Kier molecular flexibility index (Phi) is 2.57. The van der Waals surface area contributed by atoms with Gasteiger partial charge in [0.05, 0.1) is 0 Å². The van der Waals surface area contributed by atoms with Crippen molar-refractivity contribution in [1.29, 1.82) is 0 Å². The molecule has 1 aliphatic carbocycles. The quantitative estimate of drug-likeness (QED) is 0.762. The molecule has 21 heavy (non-hydrogen) atoms. The van der Waals surface area contributed by atoms with Crippen LogP contribution < -0.4 is 4.57 Å². The van der Waals surface area contributed by atoms with Crippen molar-refractivity contribution in [3.63, 3.8) is 0 Å². The minimum atomic E-state index is 0.228. The van der Waals surface area contributed by atoms with E-state index in [-0.39, 0.29) is 11.0 Å². The van der Waals surface area contributed by atoms with E-state index < -0.39 is 0 Å². The predicted molar refractivity (Wildman–Crippen MR) is 84.1 cm³/mol. The van der Waals surface area contributed by atoms with E-state index in [4.69, 9.17) is 0 Å². The third kappa shape index (κ3) is 1.43. The summed E-state index contributed by atoms with van der Waals surface area (Å²) in [7, 11) is 0. The largest absolute Gasteiger partial charge is 0.287 e. The van der Waals surface area contributed by atoms with Crippen LogP contribution >= 0.6 is 0 Å². The fourth-order valence-corrected chi connectivity index (χ4v) is 4.75. The van der Waals surface area contributed by atoms with Crippen molar-refractivity contribution in [2.75, 3.05) is 0 Å². The van der Waals surface area contributed by atoms with Crippen molar-refractivity contribution < 1.29 is 4.57 Å². The topological polar surface area (TPSA) is 16.8 Å². The molecule has 2 aromatic rings. The summed E-state index contributed by atoms with van der Waals surface area (Å²) in [5.41, 5.74) is 5.88. The maximum atomic E-state index is 4.61. The van der Waals surface area contributed by atoms with Gasteiger partial charge in [-0.1, -0.05) is 49.5 Å². The summed E-state index contributed by atoms with van der Waals surface area (Å²) in [6.45, 7) is 6.85. The van der Waals surface area contributed by atoms with Gasteiger partial charge in [0, 0.05) is 24.0 Å². The third-order valence-corrected chi connectivity index (χ3v) is 5.97. The van der Waals surface area contributed by atoms with E-state index >= 15 is 0 Å². The molecule has 1 fully saturated rings. The minimum absolute atomic E-state index is 0.228. The average Bonchev–Trinajstić information content (AvgIpc) is 2.50. The lowest BCUT2D eigenvalue weighted by Crippen LogP contribution is -2.75. The second-order valence-corrected chi connectivity index (χ2v) is 6.94. The molecule has 1 aromatic heterocycles. The summed E-state index contributed by atoms with van der Waals surface area (Å²) in [6, 6.07) is 11.2. The average molecular weight is 279 g/mol. The molecule has 4 rings (SSSR count). The van der Waals surface area contributed by atoms with Crippen molar-refractivity contribution in [1.82, 2.24) is 4.98 Å². The van der Waals surface area contributed by atoms with Crippen molar-refractivity contribution in [3.8, 4) is 11.3 Å². The van der Waals surface area contributed by atoms with Crippen LogP contribution in [0, 0.1) is 6.92 Å². The van der Waals surface area contributed by atoms with Crippen molar-refractivity contribution in [2.45, 2.75) is 57.4 Å². The highest BCUT2D eigenvalue weighted by Crippen LogP contribution is 2.59. The van der Waals surface area contributed by atoms with Crippen LogP contribution in [0.1, 0.15) is 50.8 Å². The number of hydrogen-bond donors (Lipinski definition) is 0. The Balaban J connectivity index is 2.06. The zero-order valence-corrected chi connectivity index (χ0v) is 13.2. The van der Waals surface area contributed by atoms with Gasteiger partial charge in [-0.25, -0.2) is 4.57 Å². The first-order valence-corrected chi connectivity index (χ1v) is 8.11. The molecule has 0 N–H and O–H groups in total. The summed E-state index contributed by atoms with van der Waals surface area (Å²) in [5.74, 6) is 0. The molecule has 2 atom stereocenters. The molecule has 1 aromatic carbocycles. The first-order chi connectivity index (χ1) is 10.1. The molecule has 2 heterocycles. The molecule has 1 aliphatic heterocycles. The number of rotatable bonds is 2. The first-order valence-electron chi connectivity index (χ1n) is 8.11. The Hall–Kier alpha value is -1.70. The number of fused-ring (bicyclic) bond motifs is 6. The smallest absolute Gasteiger partial charge is 0.223 e. The maximum absolute atomic E-state index is 4.61. The summed E-state index contributed by atoms with van der Waals surface area (Å²) in [4.78, 5) is 4.61. The molecule has 0 amide bonds. The minimum Gasteiger partial charge on any atom is -0.223 e. The standard InChI is InChI=1S/C19H23N2/c1-4-9-19-11-10-18(19,3)16-8-6-5-7-15(16)17-12-14(2)20-13-21(17)19/h5-8,12-13H,4,9-11H2,1-3H3/q+1/t18?,19-/m0/s1. The van der Waals surface area contributed by atoms with Gasteiger partial charge in [0.25, 0.3) is 6.33 Å². The first kappa shape index (κ1) is 13.0. The monoisotopic (exact) mass is 279 g/mol.